The molecular weight excluding hydrogens is 247 g/mol. The van der Waals surface area contributed by atoms with Crippen LogP contribution in [0.5, 0.6) is 0 Å². The molecule has 0 bridgehead atoms. The average molecular weight is 268 g/mol. The van der Waals surface area contributed by atoms with E-state index in [1.54, 1.807) is 0 Å². The van der Waals surface area contributed by atoms with Crippen molar-refractivity contribution in [3.05, 3.63) is 29.8 Å². The second-order valence-electron chi connectivity index (χ2n) is 5.27. The molecule has 2 atom stereocenters. The zero-order valence-electron chi connectivity index (χ0n) is 11.2. The Balaban J connectivity index is 1.93. The molecule has 1 aromatic rings. The van der Waals surface area contributed by atoms with E-state index in [9.17, 15) is 9.50 Å². The lowest BCUT2D eigenvalue weighted by Crippen LogP contribution is -2.35. The van der Waals surface area contributed by atoms with Gasteiger partial charge in [0.05, 0.1) is 24.6 Å². The summed E-state index contributed by atoms with van der Waals surface area (Å²) < 4.78 is 12.8. The summed E-state index contributed by atoms with van der Waals surface area (Å²) in [7, 11) is 0. The van der Waals surface area contributed by atoms with Crippen molar-refractivity contribution < 1.29 is 14.6 Å². The molecule has 0 aromatic carbocycles. The van der Waals surface area contributed by atoms with Crippen LogP contribution in [0.4, 0.5) is 4.39 Å². The van der Waals surface area contributed by atoms with Crippen LogP contribution in [0.2, 0.25) is 0 Å². The monoisotopic (exact) mass is 268 g/mol. The maximum Gasteiger partial charge on any atom is 0.141 e. The van der Waals surface area contributed by atoms with Crippen LogP contribution in [0.15, 0.2) is 18.3 Å². The Labute approximate surface area is 112 Å². The summed E-state index contributed by atoms with van der Waals surface area (Å²) in [5.41, 5.74) is 0.494. The summed E-state index contributed by atoms with van der Waals surface area (Å²) in [6, 6.07) is 3.37. The van der Waals surface area contributed by atoms with Gasteiger partial charge in [-0.25, -0.2) is 4.39 Å². The van der Waals surface area contributed by atoms with Crippen molar-refractivity contribution in [1.29, 1.82) is 0 Å². The lowest BCUT2D eigenvalue weighted by atomic mass is 10.0. The van der Waals surface area contributed by atoms with Crippen molar-refractivity contribution in [1.82, 2.24) is 9.88 Å². The summed E-state index contributed by atoms with van der Waals surface area (Å²) in [6.45, 7) is 3.43. The SMILES string of the molecule is CC(CN(CCO)C1CC1)C(O)c1ccc(F)cn1. The highest BCUT2D eigenvalue weighted by Gasteiger charge is 2.31. The van der Waals surface area contributed by atoms with Gasteiger partial charge in [-0.3, -0.25) is 9.88 Å². The van der Waals surface area contributed by atoms with Gasteiger partial charge in [0.25, 0.3) is 0 Å². The largest absolute Gasteiger partial charge is 0.395 e. The van der Waals surface area contributed by atoms with Gasteiger partial charge in [0.1, 0.15) is 5.82 Å². The molecule has 0 aliphatic heterocycles. The lowest BCUT2D eigenvalue weighted by Gasteiger charge is -2.27. The Morgan fingerprint density at radius 3 is 2.74 bits per heavy atom. The molecule has 0 radical (unpaired) electrons. The number of hydrogen-bond donors (Lipinski definition) is 2. The first-order valence-electron chi connectivity index (χ1n) is 6.76. The summed E-state index contributed by atoms with van der Waals surface area (Å²) >= 11 is 0. The van der Waals surface area contributed by atoms with E-state index in [4.69, 9.17) is 5.11 Å². The number of pyridine rings is 1. The van der Waals surface area contributed by atoms with E-state index >= 15 is 0 Å². The molecule has 1 aliphatic carbocycles. The number of aliphatic hydroxyl groups excluding tert-OH is 2. The maximum atomic E-state index is 12.8. The predicted molar refractivity (Wildman–Crippen MR) is 70.0 cm³/mol. The molecule has 2 N–H and O–H groups in total. The minimum absolute atomic E-state index is 0.00916. The van der Waals surface area contributed by atoms with Gasteiger partial charge >= 0.3 is 0 Å². The first kappa shape index (κ1) is 14.4. The molecule has 4 nitrogen and oxygen atoms in total. The van der Waals surface area contributed by atoms with Crippen LogP contribution in [-0.4, -0.2) is 45.8 Å². The van der Waals surface area contributed by atoms with Crippen LogP contribution >= 0.6 is 0 Å². The highest BCUT2D eigenvalue weighted by molar-refractivity contribution is 5.09. The minimum atomic E-state index is -0.708. The van der Waals surface area contributed by atoms with Crippen molar-refractivity contribution >= 4 is 0 Å². The fourth-order valence-corrected chi connectivity index (χ4v) is 2.31. The molecule has 1 saturated carbocycles. The normalized spacial score (nSPS) is 18.6. The minimum Gasteiger partial charge on any atom is -0.395 e. The Morgan fingerprint density at radius 2 is 2.21 bits per heavy atom. The van der Waals surface area contributed by atoms with Gasteiger partial charge in [-0.1, -0.05) is 6.92 Å². The summed E-state index contributed by atoms with van der Waals surface area (Å²) in [5.74, 6) is -0.409. The molecule has 0 amide bonds. The van der Waals surface area contributed by atoms with Crippen molar-refractivity contribution in [2.24, 2.45) is 5.92 Å². The highest BCUT2D eigenvalue weighted by Crippen LogP contribution is 2.29. The van der Waals surface area contributed by atoms with Crippen molar-refractivity contribution in [2.75, 3.05) is 19.7 Å². The standard InChI is InChI=1S/C14H21FN2O2/c1-10(9-17(6-7-18)12-3-4-12)14(19)13-5-2-11(15)8-16-13/h2,5,8,10,12,14,18-19H,3-4,6-7,9H2,1H3. The maximum absolute atomic E-state index is 12.8. The van der Waals surface area contributed by atoms with Gasteiger partial charge < -0.3 is 10.2 Å². The fourth-order valence-electron chi connectivity index (χ4n) is 2.31. The molecule has 0 spiro atoms. The van der Waals surface area contributed by atoms with E-state index < -0.39 is 11.9 Å². The molecule has 1 fully saturated rings. The van der Waals surface area contributed by atoms with Crippen LogP contribution in [0.3, 0.4) is 0 Å². The molecule has 0 saturated heterocycles. The van der Waals surface area contributed by atoms with E-state index in [1.165, 1.54) is 12.1 Å². The lowest BCUT2D eigenvalue weighted by molar-refractivity contribution is 0.0757. The van der Waals surface area contributed by atoms with Crippen molar-refractivity contribution in [3.8, 4) is 0 Å². The van der Waals surface area contributed by atoms with Gasteiger partial charge in [-0.05, 0) is 25.0 Å². The number of rotatable bonds is 7. The molecule has 1 heterocycles. The first-order valence-corrected chi connectivity index (χ1v) is 6.76. The van der Waals surface area contributed by atoms with Gasteiger partial charge in [-0.15, -0.1) is 0 Å². The number of halogens is 1. The van der Waals surface area contributed by atoms with E-state index in [-0.39, 0.29) is 12.5 Å². The van der Waals surface area contributed by atoms with Crippen LogP contribution in [0.25, 0.3) is 0 Å². The Bertz CT molecular complexity index is 395. The molecule has 2 rings (SSSR count). The summed E-state index contributed by atoms with van der Waals surface area (Å²) in [6.07, 6.45) is 2.74. The smallest absolute Gasteiger partial charge is 0.141 e. The van der Waals surface area contributed by atoms with Crippen molar-refractivity contribution in [3.63, 3.8) is 0 Å². The molecule has 1 aromatic heterocycles. The van der Waals surface area contributed by atoms with Crippen molar-refractivity contribution in [2.45, 2.75) is 31.9 Å². The van der Waals surface area contributed by atoms with E-state index in [0.717, 1.165) is 19.0 Å². The zero-order valence-corrected chi connectivity index (χ0v) is 11.2. The predicted octanol–water partition coefficient (Wildman–Crippen LogP) is 1.35. The first-order chi connectivity index (χ1) is 9.11. The molecule has 1 aliphatic rings. The number of hydrogen-bond acceptors (Lipinski definition) is 4. The third-order valence-electron chi connectivity index (χ3n) is 3.57. The molecule has 106 valence electrons. The topological polar surface area (TPSA) is 56.6 Å². The van der Waals surface area contributed by atoms with E-state index in [1.807, 2.05) is 6.92 Å². The average Bonchev–Trinajstić information content (AvgIpc) is 3.22. The number of aromatic nitrogens is 1. The van der Waals surface area contributed by atoms with Gasteiger partial charge in [0.2, 0.25) is 0 Å². The Kier molecular flexibility index (Phi) is 4.85. The number of nitrogens with zero attached hydrogens (tertiary/aromatic N) is 2. The van der Waals surface area contributed by atoms with Crippen LogP contribution in [-0.2, 0) is 0 Å². The molecule has 19 heavy (non-hydrogen) atoms. The van der Waals surface area contributed by atoms with Gasteiger partial charge in [-0.2, -0.15) is 0 Å². The van der Waals surface area contributed by atoms with E-state index in [2.05, 4.69) is 9.88 Å². The van der Waals surface area contributed by atoms with Crippen LogP contribution in [0, 0.1) is 11.7 Å². The van der Waals surface area contributed by atoms with E-state index in [0.29, 0.717) is 24.8 Å². The fraction of sp³-hybridized carbons (Fsp3) is 0.643. The molecular formula is C14H21FN2O2. The third-order valence-corrected chi connectivity index (χ3v) is 3.57. The Hall–Kier alpha value is -1.04. The van der Waals surface area contributed by atoms with Gasteiger partial charge in [0, 0.05) is 25.0 Å². The highest BCUT2D eigenvalue weighted by atomic mass is 19.1. The Morgan fingerprint density at radius 1 is 1.47 bits per heavy atom. The summed E-state index contributed by atoms with van der Waals surface area (Å²) in [5, 5.41) is 19.3. The quantitative estimate of drug-likeness (QED) is 0.783. The molecule has 5 heteroatoms. The zero-order chi connectivity index (χ0) is 13.8. The van der Waals surface area contributed by atoms with Crippen LogP contribution in [0.1, 0.15) is 31.6 Å². The second kappa shape index (κ2) is 6.41. The third kappa shape index (κ3) is 3.96. The van der Waals surface area contributed by atoms with Gasteiger partial charge in [0.15, 0.2) is 0 Å². The second-order valence-corrected chi connectivity index (χ2v) is 5.27. The molecule has 2 unspecified atom stereocenters. The number of aliphatic hydroxyl groups is 2. The van der Waals surface area contributed by atoms with Crippen LogP contribution < -0.4 is 0 Å². The summed E-state index contributed by atoms with van der Waals surface area (Å²) in [4.78, 5) is 6.13.